The van der Waals surface area contributed by atoms with Crippen LogP contribution in [0.2, 0.25) is 0 Å². The number of carbonyl (C=O) groups is 2. The van der Waals surface area contributed by atoms with E-state index in [1.165, 1.54) is 31.5 Å². The molecular formula is C15H20N2O4. The largest absolute Gasteiger partial charge is 0.473 e. The minimum atomic E-state index is -1.82. The maximum absolute atomic E-state index is 9.10. The molecule has 0 spiro atoms. The van der Waals surface area contributed by atoms with Gasteiger partial charge in [-0.2, -0.15) is 0 Å². The van der Waals surface area contributed by atoms with Crippen LogP contribution in [0.15, 0.2) is 30.3 Å². The minimum absolute atomic E-state index is 0.757. The number of fused-ring (bicyclic) bond motifs is 2. The van der Waals surface area contributed by atoms with E-state index in [2.05, 4.69) is 40.5 Å². The van der Waals surface area contributed by atoms with Crippen molar-refractivity contribution in [3.05, 3.63) is 35.9 Å². The molecule has 2 fully saturated rings. The summed E-state index contributed by atoms with van der Waals surface area (Å²) in [5.41, 5.74) is 1.44. The van der Waals surface area contributed by atoms with Crippen molar-refractivity contribution in [1.82, 2.24) is 10.2 Å². The molecule has 2 saturated heterocycles. The number of piperazine rings is 1. The van der Waals surface area contributed by atoms with Gasteiger partial charge < -0.3 is 15.5 Å². The van der Waals surface area contributed by atoms with Crippen molar-refractivity contribution in [2.45, 2.75) is 31.5 Å². The van der Waals surface area contributed by atoms with Crippen LogP contribution in [0.4, 0.5) is 0 Å². The van der Waals surface area contributed by atoms with Crippen LogP contribution in [0.5, 0.6) is 0 Å². The van der Waals surface area contributed by atoms with Gasteiger partial charge in [0, 0.05) is 31.7 Å². The molecule has 2 atom stereocenters. The average Bonchev–Trinajstić information content (AvgIpc) is 2.79. The van der Waals surface area contributed by atoms with Gasteiger partial charge in [-0.1, -0.05) is 30.3 Å². The predicted molar refractivity (Wildman–Crippen MR) is 76.9 cm³/mol. The fourth-order valence-corrected chi connectivity index (χ4v) is 2.86. The quantitative estimate of drug-likeness (QED) is 0.698. The van der Waals surface area contributed by atoms with Crippen molar-refractivity contribution in [3.8, 4) is 0 Å². The van der Waals surface area contributed by atoms with Crippen molar-refractivity contribution < 1.29 is 19.8 Å². The molecule has 2 heterocycles. The van der Waals surface area contributed by atoms with E-state index in [4.69, 9.17) is 19.8 Å². The molecule has 1 aromatic rings. The van der Waals surface area contributed by atoms with Gasteiger partial charge in [-0.3, -0.25) is 4.90 Å². The first-order chi connectivity index (χ1) is 10.0. The van der Waals surface area contributed by atoms with E-state index >= 15 is 0 Å². The van der Waals surface area contributed by atoms with E-state index < -0.39 is 11.9 Å². The van der Waals surface area contributed by atoms with Crippen molar-refractivity contribution in [3.63, 3.8) is 0 Å². The van der Waals surface area contributed by atoms with E-state index in [1.807, 2.05) is 0 Å². The Morgan fingerprint density at radius 1 is 1.05 bits per heavy atom. The molecule has 6 nitrogen and oxygen atoms in total. The maximum atomic E-state index is 9.10. The first-order valence-corrected chi connectivity index (χ1v) is 7.03. The van der Waals surface area contributed by atoms with E-state index in [0.29, 0.717) is 0 Å². The summed E-state index contributed by atoms with van der Waals surface area (Å²) in [5, 5.41) is 18.4. The van der Waals surface area contributed by atoms with Crippen molar-refractivity contribution >= 4 is 11.9 Å². The molecule has 1 aromatic carbocycles. The molecule has 2 bridgehead atoms. The van der Waals surface area contributed by atoms with Gasteiger partial charge in [-0.25, -0.2) is 9.59 Å². The van der Waals surface area contributed by atoms with Gasteiger partial charge in [0.05, 0.1) is 0 Å². The van der Waals surface area contributed by atoms with Crippen LogP contribution in [0.3, 0.4) is 0 Å². The Balaban J connectivity index is 0.000000232. The highest BCUT2D eigenvalue weighted by Crippen LogP contribution is 2.21. The molecule has 0 radical (unpaired) electrons. The molecule has 3 N–H and O–H groups in total. The third-order valence-electron chi connectivity index (χ3n) is 3.72. The Bertz CT molecular complexity index is 468. The molecule has 0 aromatic heterocycles. The highest BCUT2D eigenvalue weighted by Gasteiger charge is 2.31. The molecule has 21 heavy (non-hydrogen) atoms. The number of hydrogen-bond acceptors (Lipinski definition) is 4. The lowest BCUT2D eigenvalue weighted by atomic mass is 10.1. The molecule has 2 unspecified atom stereocenters. The average molecular weight is 292 g/mol. The molecule has 6 heteroatoms. The number of aliphatic carboxylic acids is 2. The second-order valence-electron chi connectivity index (χ2n) is 5.43. The highest BCUT2D eigenvalue weighted by atomic mass is 16.4. The van der Waals surface area contributed by atoms with E-state index in [-0.39, 0.29) is 0 Å². The number of rotatable bonds is 2. The molecule has 2 aliphatic rings. The van der Waals surface area contributed by atoms with Gasteiger partial charge in [-0.15, -0.1) is 0 Å². The monoisotopic (exact) mass is 292 g/mol. The Morgan fingerprint density at radius 3 is 2.05 bits per heavy atom. The molecule has 3 rings (SSSR count). The number of likely N-dealkylation sites (tertiary alicyclic amines) is 1. The highest BCUT2D eigenvalue weighted by molar-refractivity contribution is 6.27. The Morgan fingerprint density at radius 2 is 1.57 bits per heavy atom. The molecule has 2 aliphatic heterocycles. The fraction of sp³-hybridized carbons (Fsp3) is 0.467. The van der Waals surface area contributed by atoms with Gasteiger partial charge in [0.25, 0.3) is 0 Å². The second-order valence-corrected chi connectivity index (χ2v) is 5.43. The Hall–Kier alpha value is -1.92. The van der Waals surface area contributed by atoms with Crippen molar-refractivity contribution in [2.75, 3.05) is 13.1 Å². The first kappa shape index (κ1) is 15.5. The fourth-order valence-electron chi connectivity index (χ4n) is 2.86. The SMILES string of the molecule is O=C(O)C(=O)O.c1ccc(CN2CC3CCC(C2)N3)cc1. The Labute approximate surface area is 123 Å². The van der Waals surface area contributed by atoms with Crippen LogP contribution in [-0.4, -0.2) is 52.2 Å². The van der Waals surface area contributed by atoms with Crippen molar-refractivity contribution in [2.24, 2.45) is 0 Å². The van der Waals surface area contributed by atoms with Gasteiger partial charge in [0.2, 0.25) is 0 Å². The summed E-state index contributed by atoms with van der Waals surface area (Å²) >= 11 is 0. The smallest absolute Gasteiger partial charge is 0.414 e. The zero-order chi connectivity index (χ0) is 15.2. The van der Waals surface area contributed by atoms with Crippen LogP contribution < -0.4 is 5.32 Å². The predicted octanol–water partition coefficient (Wildman–Crippen LogP) is 0.778. The molecule has 0 amide bonds. The number of carboxylic acid groups (broad SMARTS) is 2. The summed E-state index contributed by atoms with van der Waals surface area (Å²) in [7, 11) is 0. The van der Waals surface area contributed by atoms with Crippen LogP contribution in [0.25, 0.3) is 0 Å². The third kappa shape index (κ3) is 4.84. The van der Waals surface area contributed by atoms with Crippen LogP contribution >= 0.6 is 0 Å². The molecule has 114 valence electrons. The topological polar surface area (TPSA) is 89.9 Å². The van der Waals surface area contributed by atoms with E-state index in [0.717, 1.165) is 18.6 Å². The maximum Gasteiger partial charge on any atom is 0.414 e. The van der Waals surface area contributed by atoms with E-state index in [1.54, 1.807) is 0 Å². The summed E-state index contributed by atoms with van der Waals surface area (Å²) in [6.07, 6.45) is 2.74. The number of carboxylic acids is 2. The summed E-state index contributed by atoms with van der Waals surface area (Å²) < 4.78 is 0. The lowest BCUT2D eigenvalue weighted by molar-refractivity contribution is -0.159. The summed E-state index contributed by atoms with van der Waals surface area (Å²) in [5.74, 6) is -3.65. The van der Waals surface area contributed by atoms with Crippen molar-refractivity contribution in [1.29, 1.82) is 0 Å². The van der Waals surface area contributed by atoms with E-state index in [9.17, 15) is 0 Å². The van der Waals surface area contributed by atoms with Crippen LogP contribution in [0.1, 0.15) is 18.4 Å². The van der Waals surface area contributed by atoms with Gasteiger partial charge in [-0.05, 0) is 18.4 Å². The number of hydrogen-bond donors (Lipinski definition) is 3. The third-order valence-corrected chi connectivity index (χ3v) is 3.72. The summed E-state index contributed by atoms with van der Waals surface area (Å²) in [6.45, 7) is 3.58. The molecular weight excluding hydrogens is 272 g/mol. The van der Waals surface area contributed by atoms with Gasteiger partial charge >= 0.3 is 11.9 Å². The zero-order valence-electron chi connectivity index (χ0n) is 11.7. The lowest BCUT2D eigenvalue weighted by Crippen LogP contribution is -2.50. The number of nitrogens with one attached hydrogen (secondary N) is 1. The molecule has 0 saturated carbocycles. The first-order valence-electron chi connectivity index (χ1n) is 7.03. The molecule has 0 aliphatic carbocycles. The standard InChI is InChI=1S/C13H18N2.C2H2O4/c1-2-4-11(5-3-1)8-15-9-12-6-7-13(10-15)14-12;3-1(4)2(5)6/h1-5,12-14H,6-10H2;(H,3,4)(H,5,6). The lowest BCUT2D eigenvalue weighted by Gasteiger charge is -2.32. The number of nitrogens with zero attached hydrogens (tertiary/aromatic N) is 1. The summed E-state index contributed by atoms with van der Waals surface area (Å²) in [4.78, 5) is 20.8. The normalized spacial score (nSPS) is 24.0. The second kappa shape index (κ2) is 7.19. The Kier molecular flexibility index (Phi) is 5.30. The van der Waals surface area contributed by atoms with Crippen LogP contribution in [-0.2, 0) is 16.1 Å². The number of benzene rings is 1. The van der Waals surface area contributed by atoms with Gasteiger partial charge in [0.1, 0.15) is 0 Å². The van der Waals surface area contributed by atoms with Gasteiger partial charge in [0.15, 0.2) is 0 Å². The van der Waals surface area contributed by atoms with Crippen LogP contribution in [0, 0.1) is 0 Å². The summed E-state index contributed by atoms with van der Waals surface area (Å²) in [6, 6.07) is 12.3. The zero-order valence-corrected chi connectivity index (χ0v) is 11.7. The minimum Gasteiger partial charge on any atom is -0.473 e.